The summed E-state index contributed by atoms with van der Waals surface area (Å²) in [6, 6.07) is 4.05. The Labute approximate surface area is 381 Å². The molecular formula is C45H65N3O18. The maximum absolute atomic E-state index is 13.9. The first-order valence-corrected chi connectivity index (χ1v) is 22.9. The van der Waals surface area contributed by atoms with Crippen LogP contribution in [0.1, 0.15) is 84.1 Å². The number of aliphatic carboxylic acids is 1. The predicted octanol–water partition coefficient (Wildman–Crippen LogP) is -0.301. The molecule has 6 rings (SSSR count). The summed E-state index contributed by atoms with van der Waals surface area (Å²) in [6.07, 6.45) is -11.6. The van der Waals surface area contributed by atoms with Crippen LogP contribution in [0.3, 0.4) is 0 Å². The lowest BCUT2D eigenvalue weighted by Gasteiger charge is -2.49. The van der Waals surface area contributed by atoms with Gasteiger partial charge in [0.2, 0.25) is 17.7 Å². The van der Waals surface area contributed by atoms with E-state index in [-0.39, 0.29) is 56.0 Å². The highest BCUT2D eigenvalue weighted by molar-refractivity contribution is 5.87. The van der Waals surface area contributed by atoms with Crippen LogP contribution in [-0.2, 0) is 49.3 Å². The van der Waals surface area contributed by atoms with Gasteiger partial charge in [0, 0.05) is 43.5 Å². The molecule has 10 N–H and O–H groups in total. The number of nitrogens with one attached hydrogen (secondary N) is 3. The summed E-state index contributed by atoms with van der Waals surface area (Å²) < 4.78 is 36.2. The fourth-order valence-electron chi connectivity index (χ4n) is 9.71. The number of phenolic OH excluding ortho intramolecular Hbond substituents is 1. The molecule has 2 aromatic rings. The molecule has 368 valence electrons. The second-order valence-corrected chi connectivity index (χ2v) is 18.0. The van der Waals surface area contributed by atoms with Crippen LogP contribution in [-0.4, -0.2) is 159 Å². The average Bonchev–Trinajstić information content (AvgIpc) is 3.27. The predicted molar refractivity (Wildman–Crippen MR) is 229 cm³/mol. The molecule has 0 bridgehead atoms. The number of carbonyl (C=O) groups excluding carboxylic acids is 3. The fourth-order valence-corrected chi connectivity index (χ4v) is 9.71. The van der Waals surface area contributed by atoms with E-state index in [1.165, 1.54) is 38.1 Å². The van der Waals surface area contributed by atoms with Crippen molar-refractivity contribution < 1.29 is 83.0 Å². The standard InChI is InChI=1S/C45H65N3O18/c1-4-24-15-26(42(58)47-13-12-46-33(52)17-25-18-34(53)62-29-19-27(51)10-11-28(25)29)16-30(40(24)66-45-39(57)38(56)36(54)21(2)61-45)64-44-35(48-22(3)50)41(37(55)32(20-49)65-44)63-31(43(59)60)14-23-8-6-5-7-9-23/h10-11,18-19,21,23-24,26,30-32,35-41,44-45,49,51,54-57H,4-9,12-17,20H2,1-3H3,(H,46,52)(H,47,58)(H,48,50)(H,59,60)/t21?,24-,26?,30?,31+,32+,35?,36?,37?,38?,39?,40?,41?,44-,45?/m1/s1. The lowest BCUT2D eigenvalue weighted by Crippen LogP contribution is -2.67. The lowest BCUT2D eigenvalue weighted by molar-refractivity contribution is -0.338. The van der Waals surface area contributed by atoms with Crippen molar-refractivity contribution in [1.82, 2.24) is 16.0 Å². The van der Waals surface area contributed by atoms with Crippen LogP contribution in [0.25, 0.3) is 11.0 Å². The van der Waals surface area contributed by atoms with E-state index >= 15 is 0 Å². The molecule has 66 heavy (non-hydrogen) atoms. The van der Waals surface area contributed by atoms with Crippen LogP contribution in [0.2, 0.25) is 0 Å². The van der Waals surface area contributed by atoms with Crippen molar-refractivity contribution in [3.63, 3.8) is 0 Å². The molecule has 1 aromatic heterocycles. The Bertz CT molecular complexity index is 2030. The van der Waals surface area contributed by atoms with Gasteiger partial charge in [0.1, 0.15) is 54.0 Å². The minimum Gasteiger partial charge on any atom is -0.508 e. The van der Waals surface area contributed by atoms with Crippen molar-refractivity contribution in [1.29, 1.82) is 0 Å². The van der Waals surface area contributed by atoms with Crippen LogP contribution in [0.4, 0.5) is 0 Å². The molecule has 2 aliphatic heterocycles. The number of hydrogen-bond donors (Lipinski definition) is 10. The molecule has 15 atom stereocenters. The molecule has 2 saturated heterocycles. The van der Waals surface area contributed by atoms with Gasteiger partial charge in [0.15, 0.2) is 18.7 Å². The summed E-state index contributed by atoms with van der Waals surface area (Å²) in [6.45, 7) is 3.81. The summed E-state index contributed by atoms with van der Waals surface area (Å²) in [5.41, 5.74) is -0.193. The lowest BCUT2D eigenvalue weighted by atomic mass is 9.75. The average molecular weight is 936 g/mol. The number of hydrogen-bond acceptors (Lipinski definition) is 17. The van der Waals surface area contributed by atoms with Crippen molar-refractivity contribution in [2.75, 3.05) is 19.7 Å². The number of aromatic hydroxyl groups is 1. The summed E-state index contributed by atoms with van der Waals surface area (Å²) in [5, 5.41) is 82.7. The van der Waals surface area contributed by atoms with Crippen molar-refractivity contribution in [2.45, 2.75) is 165 Å². The molecular weight excluding hydrogens is 870 g/mol. The Hall–Kier alpha value is -4.29. The first-order chi connectivity index (χ1) is 31.5. The third-order valence-corrected chi connectivity index (χ3v) is 13.2. The van der Waals surface area contributed by atoms with Gasteiger partial charge in [-0.05, 0) is 55.7 Å². The van der Waals surface area contributed by atoms with E-state index in [4.69, 9.17) is 28.1 Å². The maximum Gasteiger partial charge on any atom is 0.336 e. The van der Waals surface area contributed by atoms with E-state index in [9.17, 15) is 59.7 Å². The Morgan fingerprint density at radius 2 is 1.61 bits per heavy atom. The smallest absolute Gasteiger partial charge is 0.336 e. The fraction of sp³-hybridized carbons (Fsp3) is 0.711. The van der Waals surface area contributed by atoms with E-state index in [2.05, 4.69) is 16.0 Å². The number of benzene rings is 1. The van der Waals surface area contributed by atoms with Gasteiger partial charge < -0.3 is 79.8 Å². The number of aliphatic hydroxyl groups excluding tert-OH is 5. The van der Waals surface area contributed by atoms with Crippen molar-refractivity contribution in [3.05, 3.63) is 40.2 Å². The normalized spacial score (nSPS) is 33.5. The monoisotopic (exact) mass is 935 g/mol. The van der Waals surface area contributed by atoms with Crippen molar-refractivity contribution in [3.8, 4) is 5.75 Å². The molecule has 4 aliphatic rings. The zero-order valence-electron chi connectivity index (χ0n) is 37.4. The number of carboxylic acids is 1. The van der Waals surface area contributed by atoms with E-state index in [1.807, 2.05) is 6.92 Å². The van der Waals surface area contributed by atoms with Crippen LogP contribution in [0, 0.1) is 17.8 Å². The molecule has 21 nitrogen and oxygen atoms in total. The van der Waals surface area contributed by atoms with Crippen molar-refractivity contribution >= 4 is 34.7 Å². The van der Waals surface area contributed by atoms with Gasteiger partial charge in [-0.1, -0.05) is 45.4 Å². The zero-order valence-corrected chi connectivity index (χ0v) is 37.4. The maximum atomic E-state index is 13.9. The second-order valence-electron chi connectivity index (χ2n) is 18.0. The van der Waals surface area contributed by atoms with Gasteiger partial charge in [0.25, 0.3) is 0 Å². The van der Waals surface area contributed by atoms with Gasteiger partial charge in [-0.15, -0.1) is 0 Å². The first-order valence-electron chi connectivity index (χ1n) is 22.9. The second kappa shape index (κ2) is 23.1. The van der Waals surface area contributed by atoms with Crippen LogP contribution in [0.5, 0.6) is 5.75 Å². The molecule has 4 fully saturated rings. The molecule has 0 radical (unpaired) electrons. The molecule has 2 saturated carbocycles. The van der Waals surface area contributed by atoms with Gasteiger partial charge in [-0.25, -0.2) is 9.59 Å². The Balaban J connectivity index is 1.20. The minimum absolute atomic E-state index is 0.00606. The van der Waals surface area contributed by atoms with Crippen molar-refractivity contribution in [2.24, 2.45) is 17.8 Å². The number of amides is 3. The first kappa shape index (κ1) is 51.1. The number of carbonyl (C=O) groups is 4. The zero-order chi connectivity index (χ0) is 47.8. The highest BCUT2D eigenvalue weighted by Gasteiger charge is 2.53. The number of carboxylic acid groups (broad SMARTS) is 1. The number of ether oxygens (including phenoxy) is 5. The third-order valence-electron chi connectivity index (χ3n) is 13.2. The Kier molecular flexibility index (Phi) is 17.9. The third kappa shape index (κ3) is 12.6. The summed E-state index contributed by atoms with van der Waals surface area (Å²) in [7, 11) is 0. The molecule has 1 aromatic carbocycles. The minimum atomic E-state index is -1.70. The Morgan fingerprint density at radius 1 is 0.879 bits per heavy atom. The molecule has 21 heteroatoms. The number of phenols is 1. The summed E-state index contributed by atoms with van der Waals surface area (Å²) in [4.78, 5) is 64.4. The SMILES string of the molecule is CC[C@@H]1CC(C(=O)NCCNC(=O)Cc2cc(=O)oc3cc(O)ccc23)CC(O[C@@H]2O[C@@H](CO)C(O)C(O[C@@H](CC3CCCCC3)C(=O)O)C2NC(C)=O)C1OC1OC(C)C(O)C(O)C1O. The molecule has 0 spiro atoms. The summed E-state index contributed by atoms with van der Waals surface area (Å²) >= 11 is 0. The van der Waals surface area contributed by atoms with Gasteiger partial charge in [-0.2, -0.15) is 0 Å². The molecule has 11 unspecified atom stereocenters. The van der Waals surface area contributed by atoms with Gasteiger partial charge in [-0.3, -0.25) is 14.4 Å². The topological polar surface area (TPSA) is 322 Å². The molecule has 3 amide bonds. The van der Waals surface area contributed by atoms with Crippen LogP contribution < -0.4 is 21.6 Å². The molecule has 3 heterocycles. The van der Waals surface area contributed by atoms with E-state index in [1.54, 1.807) is 0 Å². The molecule has 2 aliphatic carbocycles. The number of rotatable bonds is 18. The number of aliphatic hydroxyl groups is 5. The highest BCUT2D eigenvalue weighted by Crippen LogP contribution is 2.40. The van der Waals surface area contributed by atoms with E-state index < -0.39 is 127 Å². The quantitative estimate of drug-likeness (QED) is 0.0678. The number of fused-ring (bicyclic) bond motifs is 1. The largest absolute Gasteiger partial charge is 0.508 e. The highest BCUT2D eigenvalue weighted by atomic mass is 16.7. The van der Waals surface area contributed by atoms with E-state index in [0.29, 0.717) is 17.4 Å². The van der Waals surface area contributed by atoms with Gasteiger partial charge in [0.05, 0.1) is 31.3 Å². The van der Waals surface area contributed by atoms with E-state index in [0.717, 1.165) is 32.1 Å². The van der Waals surface area contributed by atoms with Gasteiger partial charge >= 0.3 is 11.6 Å². The van der Waals surface area contributed by atoms with Crippen LogP contribution >= 0.6 is 0 Å². The Morgan fingerprint density at radius 3 is 2.29 bits per heavy atom. The van der Waals surface area contributed by atoms with Crippen LogP contribution in [0.15, 0.2) is 33.5 Å². The summed E-state index contributed by atoms with van der Waals surface area (Å²) in [5.74, 6) is -4.04.